The molecule has 1 aromatic carbocycles. The zero-order chi connectivity index (χ0) is 8.55. The van der Waals surface area contributed by atoms with Crippen LogP contribution in [0.15, 0.2) is 22.1 Å². The largest absolute Gasteiger partial charge is 0.229 e. The maximum Gasteiger partial charge on any atom is 0.160 e. The zero-order valence-electron chi connectivity index (χ0n) is 5.91. The van der Waals surface area contributed by atoms with Crippen LogP contribution in [0.4, 0.5) is 0 Å². The smallest absolute Gasteiger partial charge is 0.160 e. The summed E-state index contributed by atoms with van der Waals surface area (Å²) in [6.07, 6.45) is 0. The first kappa shape index (κ1) is 7.71. The van der Waals surface area contributed by atoms with Crippen LogP contribution in [-0.2, 0) is 0 Å². The predicted octanol–water partition coefficient (Wildman–Crippen LogP) is 2.93. The van der Waals surface area contributed by atoms with Gasteiger partial charge in [-0.2, -0.15) is 5.26 Å². The Balaban J connectivity index is 2.77. The van der Waals surface area contributed by atoms with Crippen molar-refractivity contribution < 1.29 is 0 Å². The van der Waals surface area contributed by atoms with Gasteiger partial charge in [0.2, 0.25) is 0 Å². The molecule has 4 heteroatoms. The number of nitriles is 1. The molecule has 2 nitrogen and oxygen atoms in total. The van der Waals surface area contributed by atoms with Crippen molar-refractivity contribution in [2.45, 2.75) is 0 Å². The fourth-order valence-corrected chi connectivity index (χ4v) is 2.35. The molecule has 58 valence electrons. The van der Waals surface area contributed by atoms with Gasteiger partial charge in [-0.3, -0.25) is 0 Å². The Morgan fingerprint density at radius 2 is 2.33 bits per heavy atom. The molecule has 0 amide bonds. The second kappa shape index (κ2) is 2.85. The maximum absolute atomic E-state index is 8.62. The van der Waals surface area contributed by atoms with Gasteiger partial charge in [-0.15, -0.1) is 11.3 Å². The highest BCUT2D eigenvalue weighted by atomic mass is 79.9. The van der Waals surface area contributed by atoms with E-state index >= 15 is 0 Å². The van der Waals surface area contributed by atoms with Crippen molar-refractivity contribution >= 4 is 37.5 Å². The van der Waals surface area contributed by atoms with Crippen molar-refractivity contribution in [3.63, 3.8) is 0 Å². The van der Waals surface area contributed by atoms with Gasteiger partial charge in [0.25, 0.3) is 0 Å². The van der Waals surface area contributed by atoms with Gasteiger partial charge in [-0.25, -0.2) is 4.98 Å². The van der Waals surface area contributed by atoms with Crippen LogP contribution >= 0.6 is 27.3 Å². The number of benzene rings is 1. The van der Waals surface area contributed by atoms with Crippen LogP contribution < -0.4 is 0 Å². The average Bonchev–Trinajstić information content (AvgIpc) is 2.43. The average molecular weight is 239 g/mol. The minimum atomic E-state index is 0.653. The lowest BCUT2D eigenvalue weighted by molar-refractivity contribution is 1.43. The number of halogens is 1. The van der Waals surface area contributed by atoms with Crippen LogP contribution in [-0.4, -0.2) is 4.98 Å². The van der Waals surface area contributed by atoms with Crippen LogP contribution in [0, 0.1) is 11.3 Å². The topological polar surface area (TPSA) is 36.7 Å². The number of hydrogen-bond acceptors (Lipinski definition) is 3. The Bertz CT molecular complexity index is 469. The van der Waals surface area contributed by atoms with Gasteiger partial charge in [0.05, 0.1) is 21.8 Å². The molecule has 0 bridgehead atoms. The highest BCUT2D eigenvalue weighted by Crippen LogP contribution is 2.26. The number of hydrogen-bond donors (Lipinski definition) is 0. The third-order valence-corrected chi connectivity index (χ3v) is 2.98. The fraction of sp³-hybridized carbons (Fsp3) is 0. The SMILES string of the molecule is N#Cc1ccc2sc(Br)nc2c1. The Morgan fingerprint density at radius 3 is 3.08 bits per heavy atom. The molecule has 0 aliphatic rings. The Morgan fingerprint density at radius 1 is 1.50 bits per heavy atom. The van der Waals surface area contributed by atoms with Crippen molar-refractivity contribution in [2.75, 3.05) is 0 Å². The first-order valence-corrected chi connectivity index (χ1v) is 4.87. The molecule has 1 heterocycles. The number of fused-ring (bicyclic) bond motifs is 1. The van der Waals surface area contributed by atoms with Gasteiger partial charge in [0, 0.05) is 0 Å². The first-order chi connectivity index (χ1) is 5.79. The van der Waals surface area contributed by atoms with Gasteiger partial charge in [-0.1, -0.05) is 0 Å². The van der Waals surface area contributed by atoms with E-state index in [-0.39, 0.29) is 0 Å². The molecule has 0 spiro atoms. The maximum atomic E-state index is 8.62. The van der Waals surface area contributed by atoms with Gasteiger partial charge in [0.15, 0.2) is 3.92 Å². The van der Waals surface area contributed by atoms with Crippen molar-refractivity contribution in [3.8, 4) is 6.07 Å². The molecule has 0 atom stereocenters. The van der Waals surface area contributed by atoms with Crippen LogP contribution in [0.1, 0.15) is 5.56 Å². The molecule has 0 N–H and O–H groups in total. The molecular formula is C8H3BrN2S. The molecule has 0 aliphatic carbocycles. The molecule has 1 aromatic heterocycles. The Labute approximate surface area is 81.6 Å². The molecule has 2 aromatic rings. The normalized spacial score (nSPS) is 10.0. The summed E-state index contributed by atoms with van der Waals surface area (Å²) in [6.45, 7) is 0. The van der Waals surface area contributed by atoms with Gasteiger partial charge < -0.3 is 0 Å². The number of rotatable bonds is 0. The molecular weight excluding hydrogens is 236 g/mol. The second-order valence-electron chi connectivity index (χ2n) is 2.26. The van der Waals surface area contributed by atoms with E-state index in [9.17, 15) is 0 Å². The van der Waals surface area contributed by atoms with E-state index in [4.69, 9.17) is 5.26 Å². The molecule has 0 saturated carbocycles. The minimum absolute atomic E-state index is 0.653. The molecule has 0 aliphatic heterocycles. The number of nitrogens with zero attached hydrogens (tertiary/aromatic N) is 2. The van der Waals surface area contributed by atoms with E-state index in [1.807, 2.05) is 6.07 Å². The molecule has 2 rings (SSSR count). The molecule has 12 heavy (non-hydrogen) atoms. The predicted molar refractivity (Wildman–Crippen MR) is 52.0 cm³/mol. The van der Waals surface area contributed by atoms with Gasteiger partial charge >= 0.3 is 0 Å². The van der Waals surface area contributed by atoms with E-state index < -0.39 is 0 Å². The fourth-order valence-electron chi connectivity index (χ4n) is 0.969. The second-order valence-corrected chi connectivity index (χ2v) is 4.57. The quantitative estimate of drug-likeness (QED) is 0.708. The summed E-state index contributed by atoms with van der Waals surface area (Å²) in [4.78, 5) is 4.21. The van der Waals surface area contributed by atoms with Crippen LogP contribution in [0.3, 0.4) is 0 Å². The molecule has 0 unspecified atom stereocenters. The minimum Gasteiger partial charge on any atom is -0.229 e. The lowest BCUT2D eigenvalue weighted by atomic mass is 10.2. The third kappa shape index (κ3) is 1.22. The summed E-state index contributed by atoms with van der Waals surface area (Å²) in [6, 6.07) is 7.58. The number of thiazole rings is 1. The van der Waals surface area contributed by atoms with Crippen LogP contribution in [0.2, 0.25) is 0 Å². The van der Waals surface area contributed by atoms with E-state index in [0.29, 0.717) is 5.56 Å². The lowest BCUT2D eigenvalue weighted by Gasteiger charge is -1.86. The van der Waals surface area contributed by atoms with E-state index in [1.165, 1.54) is 0 Å². The van der Waals surface area contributed by atoms with Gasteiger partial charge in [-0.05, 0) is 34.1 Å². The Kier molecular flexibility index (Phi) is 1.83. The summed E-state index contributed by atoms with van der Waals surface area (Å²) in [5.74, 6) is 0. The van der Waals surface area contributed by atoms with Gasteiger partial charge in [0.1, 0.15) is 0 Å². The third-order valence-electron chi connectivity index (χ3n) is 1.49. The van der Waals surface area contributed by atoms with Crippen LogP contribution in [0.5, 0.6) is 0 Å². The number of aromatic nitrogens is 1. The van der Waals surface area contributed by atoms with Crippen molar-refractivity contribution in [2.24, 2.45) is 0 Å². The van der Waals surface area contributed by atoms with E-state index in [1.54, 1.807) is 23.5 Å². The van der Waals surface area contributed by atoms with E-state index in [2.05, 4.69) is 27.0 Å². The summed E-state index contributed by atoms with van der Waals surface area (Å²) in [7, 11) is 0. The van der Waals surface area contributed by atoms with Crippen LogP contribution in [0.25, 0.3) is 10.2 Å². The summed E-state index contributed by atoms with van der Waals surface area (Å²) in [5.41, 5.74) is 1.53. The molecule has 0 saturated heterocycles. The summed E-state index contributed by atoms with van der Waals surface area (Å²) in [5, 5.41) is 8.62. The first-order valence-electron chi connectivity index (χ1n) is 3.26. The Hall–Kier alpha value is -0.920. The van der Waals surface area contributed by atoms with Crippen molar-refractivity contribution in [3.05, 3.63) is 27.7 Å². The zero-order valence-corrected chi connectivity index (χ0v) is 8.32. The monoisotopic (exact) mass is 238 g/mol. The van der Waals surface area contributed by atoms with Crippen molar-refractivity contribution in [1.29, 1.82) is 5.26 Å². The molecule has 0 radical (unpaired) electrons. The standard InChI is InChI=1S/C8H3BrN2S/c9-8-11-6-3-5(4-10)1-2-7(6)12-8/h1-3H. The van der Waals surface area contributed by atoms with E-state index in [0.717, 1.165) is 14.1 Å². The highest BCUT2D eigenvalue weighted by molar-refractivity contribution is 9.11. The summed E-state index contributed by atoms with van der Waals surface area (Å²) >= 11 is 4.86. The molecule has 0 fully saturated rings. The lowest BCUT2D eigenvalue weighted by Crippen LogP contribution is -1.72. The highest BCUT2D eigenvalue weighted by Gasteiger charge is 2.01. The summed E-state index contributed by atoms with van der Waals surface area (Å²) < 4.78 is 1.95. The van der Waals surface area contributed by atoms with Crippen molar-refractivity contribution in [1.82, 2.24) is 4.98 Å².